The first-order valence-corrected chi connectivity index (χ1v) is 13.2. The van der Waals surface area contributed by atoms with E-state index in [4.69, 9.17) is 22.1 Å². The van der Waals surface area contributed by atoms with Crippen LogP contribution in [0.3, 0.4) is 0 Å². The smallest absolute Gasteiger partial charge is 0.239 e. The number of hydrogen-bond donors (Lipinski definition) is 2. The van der Waals surface area contributed by atoms with Gasteiger partial charge in [0.25, 0.3) is 0 Å². The fourth-order valence-corrected chi connectivity index (χ4v) is 6.30. The van der Waals surface area contributed by atoms with E-state index in [0.717, 1.165) is 28.1 Å². The Balaban J connectivity index is 1.47. The Hall–Kier alpha value is -2.14. The summed E-state index contributed by atoms with van der Waals surface area (Å²) in [4.78, 5) is 14.1. The van der Waals surface area contributed by atoms with Crippen molar-refractivity contribution in [2.24, 2.45) is 5.14 Å². The van der Waals surface area contributed by atoms with E-state index < -0.39 is 15.3 Å². The number of nitrogens with zero attached hydrogens (tertiary/aromatic N) is 1. The van der Waals surface area contributed by atoms with Gasteiger partial charge in [0.15, 0.2) is 0 Å². The van der Waals surface area contributed by atoms with E-state index in [0.29, 0.717) is 36.7 Å². The Kier molecular flexibility index (Phi) is 6.75. The summed E-state index contributed by atoms with van der Waals surface area (Å²) in [6, 6.07) is 14.1. The third-order valence-electron chi connectivity index (χ3n) is 5.91. The SMILES string of the molecule is COc1cc(N2CCC(S(N)(=O)=O)CC2)ccc1-c1ccc(CC2SC(=S)NC2=O)cc1. The van der Waals surface area contributed by atoms with Crippen molar-refractivity contribution in [2.45, 2.75) is 29.8 Å². The zero-order chi connectivity index (χ0) is 22.9. The molecule has 2 aromatic rings. The summed E-state index contributed by atoms with van der Waals surface area (Å²) < 4.78 is 29.4. The third kappa shape index (κ3) is 5.09. The van der Waals surface area contributed by atoms with Crippen LogP contribution in [0.4, 0.5) is 5.69 Å². The van der Waals surface area contributed by atoms with Crippen LogP contribution in [0.15, 0.2) is 42.5 Å². The molecular weight excluding hydrogens is 466 g/mol. The topological polar surface area (TPSA) is 102 Å². The minimum absolute atomic E-state index is 0.0329. The molecule has 1 amide bonds. The number of rotatable bonds is 6. The standard InChI is InChI=1S/C22H25N3O4S3/c1-29-19-13-16(25-10-8-17(9-11-25)32(23,27)28)6-7-18(19)15-4-2-14(3-5-15)12-20-21(26)24-22(30)31-20/h2-7,13,17,20H,8-12H2,1H3,(H2,23,27,28)(H,24,26,30). The van der Waals surface area contributed by atoms with Crippen molar-refractivity contribution in [3.63, 3.8) is 0 Å². The molecule has 2 aliphatic rings. The number of carbonyl (C=O) groups is 1. The van der Waals surface area contributed by atoms with Gasteiger partial charge in [-0.3, -0.25) is 4.79 Å². The van der Waals surface area contributed by atoms with Gasteiger partial charge in [0.1, 0.15) is 10.1 Å². The predicted octanol–water partition coefficient (Wildman–Crippen LogP) is 2.68. The molecule has 0 bridgehead atoms. The number of nitrogens with two attached hydrogens (primary N) is 1. The fraction of sp³-hybridized carbons (Fsp3) is 0.364. The van der Waals surface area contributed by atoms with Crippen LogP contribution in [0.5, 0.6) is 5.75 Å². The van der Waals surface area contributed by atoms with Gasteiger partial charge in [-0.15, -0.1) is 0 Å². The number of anilines is 1. The van der Waals surface area contributed by atoms with Gasteiger partial charge in [0, 0.05) is 30.4 Å². The van der Waals surface area contributed by atoms with Gasteiger partial charge in [-0.05, 0) is 42.5 Å². The number of carbonyl (C=O) groups excluding carboxylic acids is 1. The average Bonchev–Trinajstić information content (AvgIpc) is 3.10. The number of thioether (sulfide) groups is 1. The lowest BCUT2D eigenvalue weighted by molar-refractivity contribution is -0.118. The molecule has 0 saturated carbocycles. The highest BCUT2D eigenvalue weighted by molar-refractivity contribution is 8.24. The van der Waals surface area contributed by atoms with Gasteiger partial charge in [0.05, 0.1) is 17.6 Å². The number of primary sulfonamides is 1. The highest BCUT2D eigenvalue weighted by atomic mass is 32.2. The molecule has 2 heterocycles. The minimum atomic E-state index is -3.49. The molecule has 32 heavy (non-hydrogen) atoms. The van der Waals surface area contributed by atoms with E-state index in [1.54, 1.807) is 7.11 Å². The summed E-state index contributed by atoms with van der Waals surface area (Å²) in [7, 11) is -1.84. The molecule has 10 heteroatoms. The zero-order valence-electron chi connectivity index (χ0n) is 17.6. The fourth-order valence-electron chi connectivity index (χ4n) is 4.12. The van der Waals surface area contributed by atoms with Crippen molar-refractivity contribution in [3.05, 3.63) is 48.0 Å². The van der Waals surface area contributed by atoms with Crippen LogP contribution in [-0.4, -0.2) is 49.3 Å². The number of hydrogen-bond acceptors (Lipinski definition) is 7. The second-order valence-electron chi connectivity index (χ2n) is 7.94. The van der Waals surface area contributed by atoms with Crippen molar-refractivity contribution in [2.75, 3.05) is 25.1 Å². The first-order chi connectivity index (χ1) is 15.2. The molecular formula is C22H25N3O4S3. The lowest BCUT2D eigenvalue weighted by Gasteiger charge is -2.33. The molecule has 1 atom stereocenters. The Morgan fingerprint density at radius 1 is 1.19 bits per heavy atom. The van der Waals surface area contributed by atoms with E-state index in [9.17, 15) is 13.2 Å². The molecule has 2 aliphatic heterocycles. The number of piperidine rings is 1. The second kappa shape index (κ2) is 9.38. The Bertz CT molecular complexity index is 1130. The first-order valence-electron chi connectivity index (χ1n) is 10.3. The Morgan fingerprint density at radius 3 is 2.44 bits per heavy atom. The van der Waals surface area contributed by atoms with Crippen molar-refractivity contribution < 1.29 is 17.9 Å². The number of sulfonamides is 1. The lowest BCUT2D eigenvalue weighted by atomic mass is 10.00. The number of nitrogens with one attached hydrogen (secondary N) is 1. The van der Waals surface area contributed by atoms with E-state index in [1.807, 2.05) is 42.5 Å². The Labute approximate surface area is 197 Å². The maximum absolute atomic E-state index is 11.9. The maximum atomic E-state index is 11.9. The molecule has 0 aromatic heterocycles. The molecule has 0 aliphatic carbocycles. The number of amides is 1. The average molecular weight is 492 g/mol. The summed E-state index contributed by atoms with van der Waals surface area (Å²) in [5.74, 6) is 0.717. The van der Waals surface area contributed by atoms with Crippen molar-refractivity contribution in [3.8, 4) is 16.9 Å². The van der Waals surface area contributed by atoms with Crippen LogP contribution in [0, 0.1) is 0 Å². The molecule has 2 saturated heterocycles. The van der Waals surface area contributed by atoms with E-state index >= 15 is 0 Å². The first kappa shape index (κ1) is 23.0. The third-order valence-corrected chi connectivity index (χ3v) is 8.68. The molecule has 1 unspecified atom stereocenters. The molecule has 0 spiro atoms. The summed E-state index contributed by atoms with van der Waals surface area (Å²) in [5.41, 5.74) is 4.05. The molecule has 3 N–H and O–H groups in total. The molecule has 4 rings (SSSR count). The zero-order valence-corrected chi connectivity index (χ0v) is 20.1. The van der Waals surface area contributed by atoms with Crippen molar-refractivity contribution in [1.29, 1.82) is 0 Å². The molecule has 2 aromatic carbocycles. The van der Waals surface area contributed by atoms with Crippen LogP contribution in [0.1, 0.15) is 18.4 Å². The van der Waals surface area contributed by atoms with E-state index in [-0.39, 0.29) is 11.2 Å². The molecule has 0 radical (unpaired) electrons. The number of thiocarbonyl (C=S) groups is 1. The quantitative estimate of drug-likeness (QED) is 0.599. The highest BCUT2D eigenvalue weighted by Gasteiger charge is 2.29. The summed E-state index contributed by atoms with van der Waals surface area (Å²) in [5, 5.41) is 7.33. The van der Waals surface area contributed by atoms with Crippen LogP contribution in [0.25, 0.3) is 11.1 Å². The Morgan fingerprint density at radius 2 is 1.88 bits per heavy atom. The summed E-state index contributed by atoms with van der Waals surface area (Å²) in [6.07, 6.45) is 1.67. The number of benzene rings is 2. The van der Waals surface area contributed by atoms with Crippen molar-refractivity contribution >= 4 is 49.9 Å². The molecule has 170 valence electrons. The van der Waals surface area contributed by atoms with Crippen molar-refractivity contribution in [1.82, 2.24) is 5.32 Å². The lowest BCUT2D eigenvalue weighted by Crippen LogP contribution is -2.41. The summed E-state index contributed by atoms with van der Waals surface area (Å²) >= 11 is 6.46. The van der Waals surface area contributed by atoms with Gasteiger partial charge >= 0.3 is 0 Å². The molecule has 2 fully saturated rings. The maximum Gasteiger partial charge on any atom is 0.239 e. The van der Waals surface area contributed by atoms with Gasteiger partial charge in [0.2, 0.25) is 15.9 Å². The second-order valence-corrected chi connectivity index (χ2v) is 11.7. The normalized spacial score (nSPS) is 19.8. The van der Waals surface area contributed by atoms with Gasteiger partial charge in [-0.2, -0.15) is 0 Å². The van der Waals surface area contributed by atoms with Crippen LogP contribution in [-0.2, 0) is 21.2 Å². The van der Waals surface area contributed by atoms with Crippen LogP contribution >= 0.6 is 24.0 Å². The number of methoxy groups -OCH3 is 1. The van der Waals surface area contributed by atoms with Gasteiger partial charge < -0.3 is 15.0 Å². The van der Waals surface area contributed by atoms with Gasteiger partial charge in [-0.1, -0.05) is 48.2 Å². The van der Waals surface area contributed by atoms with E-state index in [1.165, 1.54) is 11.8 Å². The predicted molar refractivity (Wildman–Crippen MR) is 133 cm³/mol. The minimum Gasteiger partial charge on any atom is -0.496 e. The van der Waals surface area contributed by atoms with Crippen LogP contribution in [0.2, 0.25) is 0 Å². The van der Waals surface area contributed by atoms with E-state index in [2.05, 4.69) is 10.2 Å². The highest BCUT2D eigenvalue weighted by Crippen LogP contribution is 2.35. The molecule has 7 nitrogen and oxygen atoms in total. The largest absolute Gasteiger partial charge is 0.496 e. The number of ether oxygens (including phenoxy) is 1. The monoisotopic (exact) mass is 491 g/mol. The van der Waals surface area contributed by atoms with Gasteiger partial charge in [-0.25, -0.2) is 13.6 Å². The van der Waals surface area contributed by atoms with Crippen LogP contribution < -0.4 is 20.1 Å². The summed E-state index contributed by atoms with van der Waals surface area (Å²) in [6.45, 7) is 1.27.